The molecule has 4 heteroatoms. The Balaban J connectivity index is 1.97. The van der Waals surface area contributed by atoms with Gasteiger partial charge < -0.3 is 9.80 Å². The third-order valence-corrected chi connectivity index (χ3v) is 4.76. The zero-order valence-electron chi connectivity index (χ0n) is 14.0. The van der Waals surface area contributed by atoms with Crippen LogP contribution in [-0.4, -0.2) is 47.8 Å². The maximum atomic E-state index is 12.8. The quantitative estimate of drug-likeness (QED) is 0.784. The maximum absolute atomic E-state index is 12.8. The highest BCUT2D eigenvalue weighted by Crippen LogP contribution is 2.26. The molecule has 2 amide bonds. The van der Waals surface area contributed by atoms with Crippen LogP contribution in [0.2, 0.25) is 0 Å². The van der Waals surface area contributed by atoms with E-state index in [2.05, 4.69) is 13.8 Å². The Morgan fingerprint density at radius 2 is 1.62 bits per heavy atom. The van der Waals surface area contributed by atoms with E-state index in [0.29, 0.717) is 18.4 Å². The van der Waals surface area contributed by atoms with Crippen LogP contribution >= 0.6 is 0 Å². The van der Waals surface area contributed by atoms with Crippen molar-refractivity contribution in [3.63, 3.8) is 0 Å². The molecule has 0 saturated carbocycles. The summed E-state index contributed by atoms with van der Waals surface area (Å²) >= 11 is 0. The largest absolute Gasteiger partial charge is 0.342 e. The normalized spacial score (nSPS) is 30.6. The summed E-state index contributed by atoms with van der Waals surface area (Å²) in [6.07, 6.45) is 3.10. The summed E-state index contributed by atoms with van der Waals surface area (Å²) in [4.78, 5) is 28.9. The van der Waals surface area contributed by atoms with Crippen LogP contribution in [0.3, 0.4) is 0 Å². The zero-order valence-corrected chi connectivity index (χ0v) is 14.0. The van der Waals surface area contributed by atoms with Gasteiger partial charge in [0.05, 0.1) is 5.92 Å². The molecule has 0 aromatic heterocycles. The molecule has 0 aromatic rings. The number of amides is 2. The van der Waals surface area contributed by atoms with E-state index in [-0.39, 0.29) is 23.7 Å². The highest BCUT2D eigenvalue weighted by molar-refractivity contribution is 5.82. The third-order valence-electron chi connectivity index (χ3n) is 4.76. The van der Waals surface area contributed by atoms with Crippen molar-refractivity contribution in [1.82, 2.24) is 9.80 Å². The minimum absolute atomic E-state index is 0.0129. The second-order valence-electron chi connectivity index (χ2n) is 7.47. The molecule has 3 atom stereocenters. The number of piperidine rings is 2. The number of rotatable bonds is 2. The molecule has 2 aliphatic heterocycles. The van der Waals surface area contributed by atoms with Gasteiger partial charge >= 0.3 is 0 Å². The molecule has 2 aliphatic rings. The highest BCUT2D eigenvalue weighted by Gasteiger charge is 2.34. The lowest BCUT2D eigenvalue weighted by Crippen LogP contribution is -2.50. The number of carbonyl (C=O) groups is 2. The van der Waals surface area contributed by atoms with Crippen molar-refractivity contribution in [3.8, 4) is 0 Å². The summed E-state index contributed by atoms with van der Waals surface area (Å²) in [5, 5.41) is 0. The van der Waals surface area contributed by atoms with Gasteiger partial charge in [0.1, 0.15) is 0 Å². The minimum Gasteiger partial charge on any atom is -0.342 e. The summed E-state index contributed by atoms with van der Waals surface area (Å²) in [7, 11) is 0. The van der Waals surface area contributed by atoms with Crippen molar-refractivity contribution >= 4 is 11.8 Å². The Labute approximate surface area is 128 Å². The summed E-state index contributed by atoms with van der Waals surface area (Å²) < 4.78 is 0. The Morgan fingerprint density at radius 3 is 2.19 bits per heavy atom. The number of carbonyl (C=O) groups excluding carboxylic acids is 2. The average molecular weight is 294 g/mol. The Kier molecular flexibility index (Phi) is 5.28. The van der Waals surface area contributed by atoms with E-state index >= 15 is 0 Å². The van der Waals surface area contributed by atoms with Gasteiger partial charge in [0.15, 0.2) is 0 Å². The summed E-state index contributed by atoms with van der Waals surface area (Å²) in [5.41, 5.74) is 0. The number of nitrogens with zero attached hydrogens (tertiary/aromatic N) is 2. The van der Waals surface area contributed by atoms with Crippen LogP contribution < -0.4 is 0 Å². The first-order chi connectivity index (χ1) is 9.88. The van der Waals surface area contributed by atoms with Gasteiger partial charge in [0, 0.05) is 32.1 Å². The van der Waals surface area contributed by atoms with Crippen LogP contribution in [0.15, 0.2) is 0 Å². The minimum atomic E-state index is 0.0129. The van der Waals surface area contributed by atoms with Gasteiger partial charge in [0.2, 0.25) is 11.8 Å². The molecule has 0 aromatic carbocycles. The van der Waals surface area contributed by atoms with Gasteiger partial charge in [-0.3, -0.25) is 9.59 Å². The van der Waals surface area contributed by atoms with Crippen molar-refractivity contribution in [1.29, 1.82) is 0 Å². The van der Waals surface area contributed by atoms with Gasteiger partial charge in [-0.1, -0.05) is 27.7 Å². The summed E-state index contributed by atoms with van der Waals surface area (Å²) in [5.74, 6) is 1.68. The molecule has 0 aliphatic carbocycles. The lowest BCUT2D eigenvalue weighted by atomic mass is 9.89. The summed E-state index contributed by atoms with van der Waals surface area (Å²) in [6, 6.07) is 0. The average Bonchev–Trinajstić information content (AvgIpc) is 2.44. The molecule has 2 heterocycles. The van der Waals surface area contributed by atoms with Crippen LogP contribution in [0.1, 0.15) is 47.0 Å². The molecule has 2 saturated heterocycles. The molecule has 2 fully saturated rings. The standard InChI is InChI=1S/C17H30N2O2/c1-12(2)16(20)18-7-5-6-15(11-18)17(21)19-9-13(3)8-14(4)10-19/h12-15H,5-11H2,1-4H3/t13-,14+,15-/m0/s1. The van der Waals surface area contributed by atoms with Gasteiger partial charge in [-0.2, -0.15) is 0 Å². The lowest BCUT2D eigenvalue weighted by molar-refractivity contribution is -0.144. The Hall–Kier alpha value is -1.06. The molecule has 120 valence electrons. The lowest BCUT2D eigenvalue weighted by Gasteiger charge is -2.40. The van der Waals surface area contributed by atoms with E-state index < -0.39 is 0 Å². The smallest absolute Gasteiger partial charge is 0.227 e. The summed E-state index contributed by atoms with van der Waals surface area (Å²) in [6.45, 7) is 11.5. The van der Waals surface area contributed by atoms with Crippen molar-refractivity contribution in [2.24, 2.45) is 23.7 Å². The van der Waals surface area contributed by atoms with Crippen LogP contribution in [0, 0.1) is 23.7 Å². The second-order valence-corrected chi connectivity index (χ2v) is 7.47. The van der Waals surface area contributed by atoms with E-state index in [1.165, 1.54) is 6.42 Å². The SMILES string of the molecule is CC(C)C(=O)N1CCC[C@H](C(=O)N2C[C@H](C)C[C@H](C)C2)C1. The molecular weight excluding hydrogens is 264 g/mol. The highest BCUT2D eigenvalue weighted by atomic mass is 16.2. The Morgan fingerprint density at radius 1 is 1.00 bits per heavy atom. The molecule has 0 bridgehead atoms. The van der Waals surface area contributed by atoms with Crippen LogP contribution in [0.4, 0.5) is 0 Å². The zero-order chi connectivity index (χ0) is 15.6. The first-order valence-electron chi connectivity index (χ1n) is 8.46. The monoisotopic (exact) mass is 294 g/mol. The fourth-order valence-corrected chi connectivity index (χ4v) is 3.85. The van der Waals surface area contributed by atoms with Gasteiger partial charge in [0.25, 0.3) is 0 Å². The fourth-order valence-electron chi connectivity index (χ4n) is 3.85. The van der Waals surface area contributed by atoms with Crippen molar-refractivity contribution < 1.29 is 9.59 Å². The third kappa shape index (κ3) is 3.98. The Bertz CT molecular complexity index is 384. The molecule has 4 nitrogen and oxygen atoms in total. The molecular formula is C17H30N2O2. The van der Waals surface area contributed by atoms with Gasteiger partial charge in [-0.15, -0.1) is 0 Å². The van der Waals surface area contributed by atoms with E-state index in [1.807, 2.05) is 23.6 Å². The molecule has 0 N–H and O–H groups in total. The predicted molar refractivity (Wildman–Crippen MR) is 83.7 cm³/mol. The van der Waals surface area contributed by atoms with E-state index in [9.17, 15) is 9.59 Å². The van der Waals surface area contributed by atoms with Crippen molar-refractivity contribution in [2.75, 3.05) is 26.2 Å². The van der Waals surface area contributed by atoms with E-state index in [1.54, 1.807) is 0 Å². The van der Waals surface area contributed by atoms with Crippen molar-refractivity contribution in [3.05, 3.63) is 0 Å². The first kappa shape index (κ1) is 16.3. The molecule has 21 heavy (non-hydrogen) atoms. The van der Waals surface area contributed by atoms with E-state index in [4.69, 9.17) is 0 Å². The fraction of sp³-hybridized carbons (Fsp3) is 0.882. The van der Waals surface area contributed by atoms with Crippen molar-refractivity contribution in [2.45, 2.75) is 47.0 Å². The van der Waals surface area contributed by atoms with Gasteiger partial charge in [-0.05, 0) is 31.1 Å². The number of hydrogen-bond donors (Lipinski definition) is 0. The van der Waals surface area contributed by atoms with Gasteiger partial charge in [-0.25, -0.2) is 0 Å². The molecule has 0 radical (unpaired) electrons. The maximum Gasteiger partial charge on any atom is 0.227 e. The van der Waals surface area contributed by atoms with Crippen LogP contribution in [0.5, 0.6) is 0 Å². The van der Waals surface area contributed by atoms with Crippen LogP contribution in [0.25, 0.3) is 0 Å². The van der Waals surface area contributed by atoms with E-state index in [0.717, 1.165) is 32.5 Å². The molecule has 2 rings (SSSR count). The number of likely N-dealkylation sites (tertiary alicyclic amines) is 2. The molecule has 0 unspecified atom stereocenters. The first-order valence-corrected chi connectivity index (χ1v) is 8.46. The number of hydrogen-bond acceptors (Lipinski definition) is 2. The van der Waals surface area contributed by atoms with Crippen LogP contribution in [-0.2, 0) is 9.59 Å². The second kappa shape index (κ2) is 6.80. The molecule has 0 spiro atoms. The predicted octanol–water partition coefficient (Wildman–Crippen LogP) is 2.39. The topological polar surface area (TPSA) is 40.6 Å².